The highest BCUT2D eigenvalue weighted by molar-refractivity contribution is 6.09. The van der Waals surface area contributed by atoms with Gasteiger partial charge in [0.25, 0.3) is 0 Å². The third-order valence-corrected chi connectivity index (χ3v) is 3.76. The molecule has 108 valence electrons. The Morgan fingerprint density at radius 1 is 1.21 bits per heavy atom. The van der Waals surface area contributed by atoms with Crippen molar-refractivity contribution in [3.8, 4) is 0 Å². The zero-order valence-electron chi connectivity index (χ0n) is 12.3. The van der Waals surface area contributed by atoms with Crippen LogP contribution in [0.15, 0.2) is 37.4 Å². The molecule has 0 heterocycles. The third kappa shape index (κ3) is 3.67. The molecule has 0 aliphatic rings. The van der Waals surface area contributed by atoms with Crippen LogP contribution in [0.2, 0.25) is 6.04 Å². The molecule has 1 atom stereocenters. The van der Waals surface area contributed by atoms with E-state index in [1.807, 2.05) is 24.3 Å². The van der Waals surface area contributed by atoms with Gasteiger partial charge in [-0.2, -0.15) is 0 Å². The minimum absolute atomic E-state index is 0.158. The summed E-state index contributed by atoms with van der Waals surface area (Å²) in [6.45, 7) is 6.00. The Morgan fingerprint density at radius 2 is 1.74 bits per heavy atom. The number of ether oxygens (including phenoxy) is 3. The third-order valence-electron chi connectivity index (χ3n) is 3.02. The predicted molar refractivity (Wildman–Crippen MR) is 83.3 cm³/mol. The Kier molecular flexibility index (Phi) is 8.34. The molecule has 2 N–H and O–H groups in total. The van der Waals surface area contributed by atoms with Gasteiger partial charge < -0.3 is 19.9 Å². The van der Waals surface area contributed by atoms with Crippen molar-refractivity contribution in [2.24, 2.45) is 0 Å². The lowest BCUT2D eigenvalue weighted by atomic mass is 9.98. The van der Waals surface area contributed by atoms with E-state index < -0.39 is 5.79 Å². The summed E-state index contributed by atoms with van der Waals surface area (Å²) in [5, 5.41) is 0. The molecule has 19 heavy (non-hydrogen) atoms. The van der Waals surface area contributed by atoms with Crippen molar-refractivity contribution < 1.29 is 14.2 Å². The molecule has 1 aromatic carbocycles. The number of nitrogens with two attached hydrogens (primary N) is 1. The maximum atomic E-state index is 6.00. The second kappa shape index (κ2) is 8.87. The predicted octanol–water partition coefficient (Wildman–Crippen LogP) is 1.32. The average molecular weight is 283 g/mol. The molecular formula is C14H25NO3Si. The largest absolute Gasteiger partial charge is 0.398 e. The van der Waals surface area contributed by atoms with Crippen LogP contribution in [-0.4, -0.2) is 37.7 Å². The summed E-state index contributed by atoms with van der Waals surface area (Å²) in [5.74, 6) is -0.929. The molecule has 0 saturated heterocycles. The Hall–Kier alpha value is -1.14. The van der Waals surface area contributed by atoms with Crippen molar-refractivity contribution in [3.05, 3.63) is 43.0 Å². The van der Waals surface area contributed by atoms with Crippen LogP contribution in [0.1, 0.15) is 5.56 Å². The molecule has 0 radical (unpaired) electrons. The minimum Gasteiger partial charge on any atom is -0.398 e. The first-order valence-electron chi connectivity index (χ1n) is 6.14. The van der Waals surface area contributed by atoms with E-state index in [4.69, 9.17) is 19.9 Å². The Bertz CT molecular complexity index is 365. The molecule has 4 nitrogen and oxygen atoms in total. The van der Waals surface area contributed by atoms with Gasteiger partial charge in [0.1, 0.15) is 6.10 Å². The van der Waals surface area contributed by atoms with Crippen molar-refractivity contribution in [2.45, 2.75) is 17.9 Å². The van der Waals surface area contributed by atoms with E-state index in [-0.39, 0.29) is 6.10 Å². The van der Waals surface area contributed by atoms with Gasteiger partial charge in [0.15, 0.2) is 0 Å². The quantitative estimate of drug-likeness (QED) is 0.370. The van der Waals surface area contributed by atoms with Gasteiger partial charge in [-0.3, -0.25) is 0 Å². The fourth-order valence-electron chi connectivity index (χ4n) is 2.14. The smallest absolute Gasteiger partial charge is 0.223 e. The average Bonchev–Trinajstić information content (AvgIpc) is 2.48. The number of methoxy groups -OCH3 is 3. The van der Waals surface area contributed by atoms with Crippen molar-refractivity contribution in [1.82, 2.24) is 0 Å². The zero-order chi connectivity index (χ0) is 14.9. The first-order valence-corrected chi connectivity index (χ1v) is 7.55. The number of para-hydroxylation sites is 1. The Morgan fingerprint density at radius 3 is 2.11 bits per heavy atom. The standard InChI is InChI=1S/C12H21NO3Si.C2H4/c1-14-11(8-17)12(15-2,16-3)9-6-4-5-7-10(9)13;1-2/h4-7,11H,8,13H2,1-3,17H3;1-2H2. The van der Waals surface area contributed by atoms with Crippen molar-refractivity contribution in [2.75, 3.05) is 27.1 Å². The number of nitrogen functional groups attached to an aromatic ring is 1. The maximum absolute atomic E-state index is 6.00. The number of benzene rings is 1. The van der Waals surface area contributed by atoms with Crippen molar-refractivity contribution >= 4 is 15.9 Å². The zero-order valence-corrected chi connectivity index (χ0v) is 14.3. The molecule has 0 fully saturated rings. The summed E-state index contributed by atoms with van der Waals surface area (Å²) in [5.41, 5.74) is 7.46. The van der Waals surface area contributed by atoms with Crippen LogP contribution in [0.3, 0.4) is 0 Å². The van der Waals surface area contributed by atoms with Gasteiger partial charge in [-0.15, -0.1) is 13.2 Å². The fraction of sp³-hybridized carbons (Fsp3) is 0.429. The van der Waals surface area contributed by atoms with Gasteiger partial charge >= 0.3 is 0 Å². The summed E-state index contributed by atoms with van der Waals surface area (Å²) < 4.78 is 16.7. The summed E-state index contributed by atoms with van der Waals surface area (Å²) in [6.07, 6.45) is -0.158. The van der Waals surface area contributed by atoms with Crippen molar-refractivity contribution in [3.63, 3.8) is 0 Å². The van der Waals surface area contributed by atoms with Gasteiger partial charge in [-0.25, -0.2) is 0 Å². The fourth-order valence-corrected chi connectivity index (χ4v) is 3.02. The Balaban J connectivity index is 0.00000154. The molecule has 1 aromatic rings. The highest BCUT2D eigenvalue weighted by atomic mass is 28.1. The van der Waals surface area contributed by atoms with E-state index in [1.165, 1.54) is 0 Å². The number of hydrogen-bond donors (Lipinski definition) is 1. The van der Waals surface area contributed by atoms with Crippen LogP contribution in [0.4, 0.5) is 5.69 Å². The van der Waals surface area contributed by atoms with E-state index in [2.05, 4.69) is 13.2 Å². The molecule has 0 aliphatic carbocycles. The minimum atomic E-state index is -0.929. The first-order chi connectivity index (χ1) is 9.16. The van der Waals surface area contributed by atoms with Crippen LogP contribution in [-0.2, 0) is 20.0 Å². The SMILES string of the molecule is C=C.COC(C[SiH3])C(OC)(OC)c1ccccc1N. The molecule has 1 unspecified atom stereocenters. The van der Waals surface area contributed by atoms with Gasteiger partial charge in [0.05, 0.1) is 0 Å². The second-order valence-corrected chi connectivity index (χ2v) is 4.61. The molecular weight excluding hydrogens is 258 g/mol. The van der Waals surface area contributed by atoms with Crippen LogP contribution < -0.4 is 5.73 Å². The molecule has 0 saturated carbocycles. The van der Waals surface area contributed by atoms with Crippen molar-refractivity contribution in [1.29, 1.82) is 0 Å². The molecule has 0 aromatic heterocycles. The highest BCUT2D eigenvalue weighted by Crippen LogP contribution is 2.36. The lowest BCUT2D eigenvalue weighted by Gasteiger charge is -2.37. The molecule has 1 rings (SSSR count). The lowest BCUT2D eigenvalue weighted by molar-refractivity contribution is -0.269. The van der Waals surface area contributed by atoms with Crippen LogP contribution in [0.25, 0.3) is 0 Å². The molecule has 0 aliphatic heterocycles. The first kappa shape index (κ1) is 17.9. The summed E-state index contributed by atoms with van der Waals surface area (Å²) in [4.78, 5) is 0. The summed E-state index contributed by atoms with van der Waals surface area (Å²) in [7, 11) is 5.88. The monoisotopic (exact) mass is 283 g/mol. The summed E-state index contributed by atoms with van der Waals surface area (Å²) in [6, 6.07) is 8.44. The van der Waals surface area contributed by atoms with Crippen LogP contribution in [0, 0.1) is 0 Å². The second-order valence-electron chi connectivity index (χ2n) is 3.80. The van der Waals surface area contributed by atoms with E-state index in [0.717, 1.165) is 21.9 Å². The van der Waals surface area contributed by atoms with Crippen LogP contribution in [0.5, 0.6) is 0 Å². The number of hydrogen-bond acceptors (Lipinski definition) is 4. The van der Waals surface area contributed by atoms with Gasteiger partial charge in [0, 0.05) is 42.8 Å². The number of anilines is 1. The maximum Gasteiger partial charge on any atom is 0.223 e. The van der Waals surface area contributed by atoms with Gasteiger partial charge in [-0.1, -0.05) is 18.2 Å². The van der Waals surface area contributed by atoms with Gasteiger partial charge in [0.2, 0.25) is 5.79 Å². The van der Waals surface area contributed by atoms with E-state index in [1.54, 1.807) is 21.3 Å². The molecule has 0 amide bonds. The van der Waals surface area contributed by atoms with E-state index >= 15 is 0 Å². The van der Waals surface area contributed by atoms with Gasteiger partial charge in [-0.05, 0) is 12.1 Å². The Labute approximate surface area is 119 Å². The highest BCUT2D eigenvalue weighted by Gasteiger charge is 2.42. The number of rotatable bonds is 6. The summed E-state index contributed by atoms with van der Waals surface area (Å²) >= 11 is 0. The normalized spacial score (nSPS) is 12.6. The van der Waals surface area contributed by atoms with E-state index in [9.17, 15) is 0 Å². The van der Waals surface area contributed by atoms with E-state index in [0.29, 0.717) is 5.69 Å². The van der Waals surface area contributed by atoms with Crippen LogP contribution >= 0.6 is 0 Å². The topological polar surface area (TPSA) is 53.7 Å². The molecule has 0 spiro atoms. The molecule has 0 bridgehead atoms. The molecule has 5 heteroatoms. The lowest BCUT2D eigenvalue weighted by Crippen LogP contribution is -2.44.